The molecule has 0 aromatic rings. The number of sulfone groups is 1. The lowest BCUT2D eigenvalue weighted by molar-refractivity contribution is -0.0374. The van der Waals surface area contributed by atoms with Crippen LogP contribution < -0.4 is 5.32 Å². The molecule has 1 N–H and O–H groups in total. The van der Waals surface area contributed by atoms with Crippen LogP contribution in [0, 0.1) is 5.41 Å². The van der Waals surface area contributed by atoms with Crippen molar-refractivity contribution in [2.45, 2.75) is 73.0 Å². The van der Waals surface area contributed by atoms with E-state index >= 15 is 0 Å². The number of ether oxygens (including phenoxy) is 1. The van der Waals surface area contributed by atoms with E-state index in [1.54, 1.807) is 6.92 Å². The molecule has 0 aliphatic heterocycles. The van der Waals surface area contributed by atoms with Gasteiger partial charge in [-0.15, -0.1) is 0 Å². The van der Waals surface area contributed by atoms with E-state index in [1.165, 1.54) is 0 Å². The van der Waals surface area contributed by atoms with Crippen LogP contribution in [0.4, 0.5) is 0 Å². The fourth-order valence-electron chi connectivity index (χ4n) is 2.51. The first-order valence-corrected chi connectivity index (χ1v) is 10.1. The van der Waals surface area contributed by atoms with Crippen LogP contribution in [0.2, 0.25) is 0 Å². The minimum Gasteiger partial charge on any atom is -0.376 e. The second kappa shape index (κ2) is 9.80. The fraction of sp³-hybridized carbons (Fsp3) is 1.00. The van der Waals surface area contributed by atoms with Crippen LogP contribution in [-0.2, 0) is 14.6 Å². The summed E-state index contributed by atoms with van der Waals surface area (Å²) in [5, 5.41) is 3.55. The summed E-state index contributed by atoms with van der Waals surface area (Å²) in [4.78, 5) is 0. The fourth-order valence-corrected chi connectivity index (χ4v) is 3.40. The molecule has 0 spiro atoms. The van der Waals surface area contributed by atoms with Crippen molar-refractivity contribution in [3.63, 3.8) is 0 Å². The summed E-state index contributed by atoms with van der Waals surface area (Å²) in [6.07, 6.45) is 2.68. The van der Waals surface area contributed by atoms with Gasteiger partial charge in [0.25, 0.3) is 0 Å². The molecule has 0 aromatic heterocycles. The molecule has 0 saturated heterocycles. The predicted octanol–water partition coefficient (Wildman–Crippen LogP) is 3.02. The maximum Gasteiger partial charge on any atom is 0.150 e. The average Bonchev–Trinajstić information content (AvgIpc) is 2.39. The van der Waals surface area contributed by atoms with Crippen molar-refractivity contribution in [2.75, 3.05) is 24.7 Å². The Bertz CT molecular complexity index is 360. The molecule has 0 aliphatic rings. The zero-order chi connectivity index (χ0) is 16.5. The van der Waals surface area contributed by atoms with Crippen LogP contribution in [0.25, 0.3) is 0 Å². The van der Waals surface area contributed by atoms with Gasteiger partial charge in [-0.05, 0) is 38.1 Å². The van der Waals surface area contributed by atoms with E-state index in [9.17, 15) is 8.42 Å². The van der Waals surface area contributed by atoms with Gasteiger partial charge >= 0.3 is 0 Å². The maximum absolute atomic E-state index is 11.6. The zero-order valence-corrected chi connectivity index (χ0v) is 15.6. The molecule has 0 saturated carbocycles. The van der Waals surface area contributed by atoms with Crippen LogP contribution in [0.15, 0.2) is 0 Å². The summed E-state index contributed by atoms with van der Waals surface area (Å²) in [7, 11) is -2.88. The number of hydrogen-bond donors (Lipinski definition) is 1. The molecule has 4 nitrogen and oxygen atoms in total. The van der Waals surface area contributed by atoms with E-state index in [0.29, 0.717) is 13.0 Å². The highest BCUT2D eigenvalue weighted by molar-refractivity contribution is 7.91. The van der Waals surface area contributed by atoms with Crippen molar-refractivity contribution >= 4 is 9.84 Å². The Labute approximate surface area is 132 Å². The van der Waals surface area contributed by atoms with Crippen LogP contribution in [0.1, 0.15) is 60.8 Å². The molecule has 2 atom stereocenters. The molecule has 2 unspecified atom stereocenters. The Morgan fingerprint density at radius 1 is 1.14 bits per heavy atom. The van der Waals surface area contributed by atoms with Crippen molar-refractivity contribution in [1.82, 2.24) is 5.32 Å². The van der Waals surface area contributed by atoms with Gasteiger partial charge in [0, 0.05) is 18.4 Å². The normalized spacial score (nSPS) is 15.9. The number of rotatable bonds is 11. The highest BCUT2D eigenvalue weighted by Crippen LogP contribution is 2.27. The van der Waals surface area contributed by atoms with Gasteiger partial charge in [-0.3, -0.25) is 0 Å². The Morgan fingerprint density at radius 2 is 1.76 bits per heavy atom. The van der Waals surface area contributed by atoms with E-state index in [2.05, 4.69) is 33.0 Å². The van der Waals surface area contributed by atoms with Gasteiger partial charge in [0.05, 0.1) is 11.9 Å². The predicted molar refractivity (Wildman–Crippen MR) is 90.5 cm³/mol. The van der Waals surface area contributed by atoms with Crippen LogP contribution in [-0.4, -0.2) is 45.2 Å². The first-order valence-electron chi connectivity index (χ1n) is 8.23. The Hall–Kier alpha value is -0.130. The summed E-state index contributed by atoms with van der Waals surface area (Å²) < 4.78 is 29.2. The minimum absolute atomic E-state index is 0.0328. The Balaban J connectivity index is 4.75. The third-order valence-electron chi connectivity index (χ3n) is 3.63. The Kier molecular flexibility index (Phi) is 9.74. The lowest BCUT2D eigenvalue weighted by Crippen LogP contribution is -2.48. The molecule has 0 fully saturated rings. The molecule has 0 radical (unpaired) electrons. The van der Waals surface area contributed by atoms with Gasteiger partial charge in [0.15, 0.2) is 0 Å². The molecule has 0 bridgehead atoms. The molecular weight excluding hydrogens is 286 g/mol. The molecule has 5 heteroatoms. The first kappa shape index (κ1) is 20.9. The van der Waals surface area contributed by atoms with Crippen LogP contribution in [0.5, 0.6) is 0 Å². The lowest BCUT2D eigenvalue weighted by Gasteiger charge is -2.37. The van der Waals surface area contributed by atoms with Crippen molar-refractivity contribution < 1.29 is 13.2 Å². The molecule has 0 amide bonds. The molecule has 21 heavy (non-hydrogen) atoms. The topological polar surface area (TPSA) is 55.4 Å². The van der Waals surface area contributed by atoms with Crippen molar-refractivity contribution in [3.8, 4) is 0 Å². The summed E-state index contributed by atoms with van der Waals surface area (Å²) in [5.74, 6) is 0.505. The molecular formula is C16H35NO3S. The van der Waals surface area contributed by atoms with Gasteiger partial charge in [0.2, 0.25) is 0 Å². The highest BCUT2D eigenvalue weighted by atomic mass is 32.2. The van der Waals surface area contributed by atoms with E-state index in [0.717, 1.165) is 19.4 Å². The number of nitrogens with one attached hydrogen (secondary N) is 1. The van der Waals surface area contributed by atoms with Crippen molar-refractivity contribution in [3.05, 3.63) is 0 Å². The summed E-state index contributed by atoms with van der Waals surface area (Å²) in [5.41, 5.74) is 0.0328. The molecule has 0 aliphatic carbocycles. The molecule has 128 valence electrons. The zero-order valence-electron chi connectivity index (χ0n) is 14.7. The minimum atomic E-state index is -2.88. The summed E-state index contributed by atoms with van der Waals surface area (Å²) in [6, 6.07) is 0.206. The van der Waals surface area contributed by atoms with Crippen molar-refractivity contribution in [1.29, 1.82) is 0 Å². The van der Waals surface area contributed by atoms with Crippen molar-refractivity contribution in [2.24, 2.45) is 5.41 Å². The number of hydrogen-bond acceptors (Lipinski definition) is 4. The van der Waals surface area contributed by atoms with E-state index < -0.39 is 9.84 Å². The van der Waals surface area contributed by atoms with Crippen LogP contribution >= 0.6 is 0 Å². The average molecular weight is 322 g/mol. The highest BCUT2D eigenvalue weighted by Gasteiger charge is 2.32. The third kappa shape index (κ3) is 8.79. The molecule has 0 rings (SSSR count). The standard InChI is InChI=1S/C16H35NO3S/c1-7-12-17-14(11-10-13-21(18,19)9-3)15(20-8-2)16(4,5)6/h14-15,17H,7-13H2,1-6H3. The van der Waals surface area contributed by atoms with E-state index in [4.69, 9.17) is 4.74 Å². The third-order valence-corrected chi connectivity index (χ3v) is 5.42. The van der Waals surface area contributed by atoms with E-state index in [-0.39, 0.29) is 29.1 Å². The second-order valence-corrected chi connectivity index (χ2v) is 9.15. The van der Waals surface area contributed by atoms with Gasteiger partial charge in [-0.1, -0.05) is 34.6 Å². The summed E-state index contributed by atoms with van der Waals surface area (Å²) in [6.45, 7) is 14.0. The Morgan fingerprint density at radius 3 is 2.19 bits per heavy atom. The molecule has 0 aromatic carbocycles. The monoisotopic (exact) mass is 321 g/mol. The molecule has 0 heterocycles. The smallest absolute Gasteiger partial charge is 0.150 e. The van der Waals surface area contributed by atoms with Gasteiger partial charge < -0.3 is 10.1 Å². The largest absolute Gasteiger partial charge is 0.376 e. The maximum atomic E-state index is 11.6. The van der Waals surface area contributed by atoms with Gasteiger partial charge in [0.1, 0.15) is 9.84 Å². The quantitative estimate of drug-likeness (QED) is 0.635. The van der Waals surface area contributed by atoms with Crippen LogP contribution in [0.3, 0.4) is 0 Å². The van der Waals surface area contributed by atoms with Gasteiger partial charge in [-0.25, -0.2) is 8.42 Å². The summed E-state index contributed by atoms with van der Waals surface area (Å²) >= 11 is 0. The van der Waals surface area contributed by atoms with E-state index in [1.807, 2.05) is 6.92 Å². The SMILES string of the molecule is CCCNC(CCCS(=O)(=O)CC)C(OCC)C(C)(C)C. The second-order valence-electron chi connectivity index (χ2n) is 6.68. The first-order chi connectivity index (χ1) is 9.68. The lowest BCUT2D eigenvalue weighted by atomic mass is 9.83. The van der Waals surface area contributed by atoms with Gasteiger partial charge in [-0.2, -0.15) is 0 Å².